The average Bonchev–Trinajstić information content (AvgIpc) is 3.27. The largest absolute Gasteiger partial charge is 0.507 e. The number of rotatable bonds is 3. The molecule has 5 heteroatoms. The maximum Gasteiger partial charge on any atom is 0.226 e. The zero-order valence-corrected chi connectivity index (χ0v) is 13.2. The molecule has 2 heterocycles. The Balaban J connectivity index is 1.41. The van der Waals surface area contributed by atoms with Crippen LogP contribution in [0.15, 0.2) is 18.2 Å². The summed E-state index contributed by atoms with van der Waals surface area (Å²) in [6.07, 6.45) is 4.37. The van der Waals surface area contributed by atoms with Crippen LogP contribution in [-0.4, -0.2) is 46.0 Å². The molecular weight excluding hydrogens is 290 g/mol. The number of nitriles is 1. The third-order valence-corrected chi connectivity index (χ3v) is 5.41. The minimum absolute atomic E-state index is 0.0355. The second-order valence-electron chi connectivity index (χ2n) is 7.20. The number of phenols is 1. The summed E-state index contributed by atoms with van der Waals surface area (Å²) in [5.74, 6) is 0.709. The highest BCUT2D eigenvalue weighted by atomic mass is 16.3. The van der Waals surface area contributed by atoms with Crippen LogP contribution in [0, 0.1) is 17.2 Å². The van der Waals surface area contributed by atoms with Gasteiger partial charge in [0.25, 0.3) is 0 Å². The molecule has 1 aromatic rings. The molecule has 0 aromatic heterocycles. The summed E-state index contributed by atoms with van der Waals surface area (Å²) in [6, 6.07) is 7.21. The Bertz CT molecular complexity index is 684. The first-order valence-electron chi connectivity index (χ1n) is 8.37. The van der Waals surface area contributed by atoms with Crippen LogP contribution >= 0.6 is 0 Å². The van der Waals surface area contributed by atoms with Gasteiger partial charge in [-0.1, -0.05) is 6.07 Å². The highest BCUT2D eigenvalue weighted by molar-refractivity contribution is 5.82. The van der Waals surface area contributed by atoms with E-state index in [1.165, 1.54) is 0 Å². The van der Waals surface area contributed by atoms with E-state index in [9.17, 15) is 9.90 Å². The maximum atomic E-state index is 12.4. The van der Waals surface area contributed by atoms with Crippen molar-refractivity contribution < 1.29 is 9.90 Å². The summed E-state index contributed by atoms with van der Waals surface area (Å²) >= 11 is 0. The van der Waals surface area contributed by atoms with Crippen LogP contribution in [0.25, 0.3) is 0 Å². The zero-order chi connectivity index (χ0) is 16.0. The number of aromatic hydroxyl groups is 1. The van der Waals surface area contributed by atoms with E-state index in [0.717, 1.165) is 57.4 Å². The van der Waals surface area contributed by atoms with E-state index in [1.54, 1.807) is 12.1 Å². The smallest absolute Gasteiger partial charge is 0.226 e. The van der Waals surface area contributed by atoms with Crippen LogP contribution in [0.1, 0.15) is 36.8 Å². The van der Waals surface area contributed by atoms with Crippen molar-refractivity contribution in [2.75, 3.05) is 19.6 Å². The lowest BCUT2D eigenvalue weighted by Crippen LogP contribution is -2.68. The molecule has 1 saturated carbocycles. The number of carbonyl (C=O) groups is 1. The Labute approximate surface area is 136 Å². The standard InChI is InChI=1S/C18H21N3O2/c19-9-15-8-13(2-5-16(15)22)10-20-11-18(12-20)6-1-7-21(18)17(23)14-3-4-14/h2,5,8,14,22H,1,3-4,6-7,10-12H2. The van der Waals surface area contributed by atoms with Crippen molar-refractivity contribution in [1.82, 2.24) is 9.80 Å². The van der Waals surface area contributed by atoms with Gasteiger partial charge in [0, 0.05) is 32.1 Å². The van der Waals surface area contributed by atoms with E-state index in [2.05, 4.69) is 9.80 Å². The van der Waals surface area contributed by atoms with Gasteiger partial charge in [0.1, 0.15) is 11.8 Å². The predicted molar refractivity (Wildman–Crippen MR) is 84.5 cm³/mol. The zero-order valence-electron chi connectivity index (χ0n) is 13.2. The van der Waals surface area contributed by atoms with Crippen molar-refractivity contribution in [2.45, 2.75) is 37.8 Å². The topological polar surface area (TPSA) is 67.6 Å². The fourth-order valence-electron chi connectivity index (χ4n) is 4.09. The number of amides is 1. The van der Waals surface area contributed by atoms with Gasteiger partial charge < -0.3 is 10.0 Å². The Morgan fingerprint density at radius 3 is 2.87 bits per heavy atom. The second-order valence-corrected chi connectivity index (χ2v) is 7.20. The molecule has 3 fully saturated rings. The van der Waals surface area contributed by atoms with Crippen molar-refractivity contribution in [2.24, 2.45) is 5.92 Å². The van der Waals surface area contributed by atoms with Crippen molar-refractivity contribution in [1.29, 1.82) is 5.26 Å². The van der Waals surface area contributed by atoms with Gasteiger partial charge in [-0.3, -0.25) is 9.69 Å². The number of carbonyl (C=O) groups excluding carboxylic acids is 1. The van der Waals surface area contributed by atoms with E-state index < -0.39 is 0 Å². The van der Waals surface area contributed by atoms with Crippen LogP contribution in [0.4, 0.5) is 0 Å². The molecule has 5 nitrogen and oxygen atoms in total. The van der Waals surface area contributed by atoms with E-state index >= 15 is 0 Å². The van der Waals surface area contributed by atoms with Gasteiger partial charge in [-0.2, -0.15) is 5.26 Å². The number of nitrogens with zero attached hydrogens (tertiary/aromatic N) is 3. The van der Waals surface area contributed by atoms with E-state index in [0.29, 0.717) is 17.4 Å². The number of hydrogen-bond acceptors (Lipinski definition) is 4. The highest BCUT2D eigenvalue weighted by Crippen LogP contribution is 2.42. The quantitative estimate of drug-likeness (QED) is 0.925. The summed E-state index contributed by atoms with van der Waals surface area (Å²) in [4.78, 5) is 16.9. The molecule has 1 spiro atoms. The molecule has 0 bridgehead atoms. The first-order chi connectivity index (χ1) is 11.1. The molecule has 3 aliphatic rings. The van der Waals surface area contributed by atoms with Crippen molar-refractivity contribution in [3.05, 3.63) is 29.3 Å². The SMILES string of the molecule is N#Cc1cc(CN2CC3(CCCN3C(=O)C3CC3)C2)ccc1O. The van der Waals surface area contributed by atoms with Crippen LogP contribution in [0.2, 0.25) is 0 Å². The molecule has 1 aliphatic carbocycles. The van der Waals surface area contributed by atoms with Gasteiger partial charge >= 0.3 is 0 Å². The van der Waals surface area contributed by atoms with Gasteiger partial charge in [-0.05, 0) is 43.4 Å². The summed E-state index contributed by atoms with van der Waals surface area (Å²) in [5.41, 5.74) is 1.42. The summed E-state index contributed by atoms with van der Waals surface area (Å²) in [6.45, 7) is 3.53. The van der Waals surface area contributed by atoms with Crippen LogP contribution in [0.5, 0.6) is 5.75 Å². The van der Waals surface area contributed by atoms with Crippen LogP contribution < -0.4 is 0 Å². The predicted octanol–water partition coefficient (Wildman–Crippen LogP) is 1.85. The monoisotopic (exact) mass is 311 g/mol. The molecule has 0 radical (unpaired) electrons. The minimum Gasteiger partial charge on any atom is -0.507 e. The molecular formula is C18H21N3O2. The van der Waals surface area contributed by atoms with Gasteiger partial charge in [0.05, 0.1) is 11.1 Å². The van der Waals surface area contributed by atoms with Crippen LogP contribution in [0.3, 0.4) is 0 Å². The van der Waals surface area contributed by atoms with Crippen molar-refractivity contribution in [3.63, 3.8) is 0 Å². The molecule has 2 saturated heterocycles. The minimum atomic E-state index is 0.0355. The number of hydrogen-bond donors (Lipinski definition) is 1. The Morgan fingerprint density at radius 2 is 2.17 bits per heavy atom. The summed E-state index contributed by atoms with van der Waals surface area (Å²) in [5, 5.41) is 18.6. The highest BCUT2D eigenvalue weighted by Gasteiger charge is 2.53. The molecule has 23 heavy (non-hydrogen) atoms. The fourth-order valence-corrected chi connectivity index (χ4v) is 4.09. The molecule has 4 rings (SSSR count). The normalized spacial score (nSPS) is 22.8. The first-order valence-corrected chi connectivity index (χ1v) is 8.37. The lowest BCUT2D eigenvalue weighted by Gasteiger charge is -2.53. The third kappa shape index (κ3) is 2.47. The molecule has 0 atom stereocenters. The second kappa shape index (κ2) is 5.24. The average molecular weight is 311 g/mol. The first kappa shape index (κ1) is 14.5. The van der Waals surface area contributed by atoms with Gasteiger partial charge in [-0.15, -0.1) is 0 Å². The Morgan fingerprint density at radius 1 is 1.39 bits per heavy atom. The van der Waals surface area contributed by atoms with Crippen LogP contribution in [-0.2, 0) is 11.3 Å². The number of phenolic OH excluding ortho intramolecular Hbond substituents is 1. The Hall–Kier alpha value is -2.06. The lowest BCUT2D eigenvalue weighted by atomic mass is 9.86. The third-order valence-electron chi connectivity index (χ3n) is 5.41. The van der Waals surface area contributed by atoms with Gasteiger partial charge in [-0.25, -0.2) is 0 Å². The fraction of sp³-hybridized carbons (Fsp3) is 0.556. The molecule has 1 N–H and O–H groups in total. The summed E-state index contributed by atoms with van der Waals surface area (Å²) in [7, 11) is 0. The molecule has 120 valence electrons. The lowest BCUT2D eigenvalue weighted by molar-refractivity contribution is -0.144. The molecule has 1 aromatic carbocycles. The van der Waals surface area contributed by atoms with Gasteiger partial charge in [0.2, 0.25) is 5.91 Å². The number of likely N-dealkylation sites (tertiary alicyclic amines) is 2. The molecule has 2 aliphatic heterocycles. The van der Waals surface area contributed by atoms with Crippen molar-refractivity contribution in [3.8, 4) is 11.8 Å². The van der Waals surface area contributed by atoms with E-state index in [-0.39, 0.29) is 11.3 Å². The van der Waals surface area contributed by atoms with Gasteiger partial charge in [0.15, 0.2) is 0 Å². The van der Waals surface area contributed by atoms with E-state index in [4.69, 9.17) is 5.26 Å². The number of benzene rings is 1. The Kier molecular flexibility index (Phi) is 3.31. The van der Waals surface area contributed by atoms with Crippen molar-refractivity contribution >= 4 is 5.91 Å². The molecule has 0 unspecified atom stereocenters. The molecule has 1 amide bonds. The van der Waals surface area contributed by atoms with E-state index in [1.807, 2.05) is 12.1 Å². The summed E-state index contributed by atoms with van der Waals surface area (Å²) < 4.78 is 0. The maximum absolute atomic E-state index is 12.4.